The SMILES string of the molecule is Cc1cc(C(=O)Nc2nc(-c3cccc(Br)c3)cs2)ccc1[N+](=O)[O-]. The number of anilines is 1. The highest BCUT2D eigenvalue weighted by molar-refractivity contribution is 9.10. The van der Waals surface area contributed by atoms with Crippen molar-refractivity contribution in [3.8, 4) is 11.3 Å². The van der Waals surface area contributed by atoms with E-state index < -0.39 is 4.92 Å². The van der Waals surface area contributed by atoms with Crippen molar-refractivity contribution in [3.05, 3.63) is 73.6 Å². The van der Waals surface area contributed by atoms with E-state index in [1.807, 2.05) is 29.6 Å². The molecule has 0 saturated heterocycles. The Labute approximate surface area is 155 Å². The second kappa shape index (κ2) is 7.12. The van der Waals surface area contributed by atoms with Crippen molar-refractivity contribution in [1.29, 1.82) is 0 Å². The van der Waals surface area contributed by atoms with E-state index in [0.717, 1.165) is 15.7 Å². The van der Waals surface area contributed by atoms with Gasteiger partial charge >= 0.3 is 0 Å². The molecule has 1 amide bonds. The largest absolute Gasteiger partial charge is 0.298 e. The lowest BCUT2D eigenvalue weighted by Crippen LogP contribution is -2.12. The number of nitro groups is 1. The van der Waals surface area contributed by atoms with Crippen molar-refractivity contribution in [2.45, 2.75) is 6.92 Å². The van der Waals surface area contributed by atoms with Gasteiger partial charge in [-0.2, -0.15) is 0 Å². The molecule has 0 spiro atoms. The van der Waals surface area contributed by atoms with Crippen LogP contribution in [-0.4, -0.2) is 15.8 Å². The van der Waals surface area contributed by atoms with Crippen molar-refractivity contribution < 1.29 is 9.72 Å². The van der Waals surface area contributed by atoms with Crippen LogP contribution in [0.5, 0.6) is 0 Å². The van der Waals surface area contributed by atoms with Gasteiger partial charge < -0.3 is 0 Å². The van der Waals surface area contributed by atoms with E-state index in [0.29, 0.717) is 16.3 Å². The van der Waals surface area contributed by atoms with Crippen molar-refractivity contribution in [2.24, 2.45) is 0 Å². The van der Waals surface area contributed by atoms with Crippen LogP contribution in [0.25, 0.3) is 11.3 Å². The zero-order valence-corrected chi connectivity index (χ0v) is 15.4. The van der Waals surface area contributed by atoms with E-state index in [9.17, 15) is 14.9 Å². The number of thiazole rings is 1. The normalized spacial score (nSPS) is 10.5. The number of carbonyl (C=O) groups excluding carboxylic acids is 1. The lowest BCUT2D eigenvalue weighted by molar-refractivity contribution is -0.385. The molecule has 0 aliphatic rings. The van der Waals surface area contributed by atoms with E-state index in [2.05, 4.69) is 26.2 Å². The molecule has 0 fully saturated rings. The molecule has 6 nitrogen and oxygen atoms in total. The highest BCUT2D eigenvalue weighted by atomic mass is 79.9. The summed E-state index contributed by atoms with van der Waals surface area (Å²) >= 11 is 4.74. The smallest absolute Gasteiger partial charge is 0.272 e. The van der Waals surface area contributed by atoms with Crippen molar-refractivity contribution in [2.75, 3.05) is 5.32 Å². The average molecular weight is 418 g/mol. The highest BCUT2D eigenvalue weighted by Gasteiger charge is 2.15. The van der Waals surface area contributed by atoms with E-state index in [4.69, 9.17) is 0 Å². The molecule has 0 saturated carbocycles. The Bertz CT molecular complexity index is 971. The number of carbonyl (C=O) groups is 1. The van der Waals surface area contributed by atoms with E-state index in [-0.39, 0.29) is 11.6 Å². The Balaban J connectivity index is 1.78. The summed E-state index contributed by atoms with van der Waals surface area (Å²) < 4.78 is 0.949. The number of rotatable bonds is 4. The maximum absolute atomic E-state index is 12.3. The average Bonchev–Trinajstić information content (AvgIpc) is 3.03. The van der Waals surface area contributed by atoms with Crippen LogP contribution >= 0.6 is 27.3 Å². The first-order chi connectivity index (χ1) is 11.9. The van der Waals surface area contributed by atoms with Gasteiger partial charge in [0.15, 0.2) is 5.13 Å². The molecule has 3 aromatic rings. The molecule has 3 rings (SSSR count). The van der Waals surface area contributed by atoms with Crippen LogP contribution in [0, 0.1) is 17.0 Å². The monoisotopic (exact) mass is 417 g/mol. The molecule has 1 heterocycles. The summed E-state index contributed by atoms with van der Waals surface area (Å²) in [6, 6.07) is 12.0. The third-order valence-corrected chi connectivity index (χ3v) is 4.75. The van der Waals surface area contributed by atoms with Gasteiger partial charge in [-0.3, -0.25) is 20.2 Å². The number of nitrogens with zero attached hydrogens (tertiary/aromatic N) is 2. The van der Waals surface area contributed by atoms with Gasteiger partial charge in [-0.05, 0) is 31.2 Å². The molecule has 0 radical (unpaired) electrons. The van der Waals surface area contributed by atoms with Crippen LogP contribution < -0.4 is 5.32 Å². The minimum absolute atomic E-state index is 0.0114. The summed E-state index contributed by atoms with van der Waals surface area (Å²) in [5.74, 6) is -0.354. The summed E-state index contributed by atoms with van der Waals surface area (Å²) in [6.07, 6.45) is 0. The van der Waals surface area contributed by atoms with Gasteiger partial charge in [0, 0.05) is 32.6 Å². The number of hydrogen-bond acceptors (Lipinski definition) is 5. The topological polar surface area (TPSA) is 85.1 Å². The van der Waals surface area contributed by atoms with E-state index in [1.165, 1.54) is 29.5 Å². The molecule has 0 aliphatic carbocycles. The van der Waals surface area contributed by atoms with Crippen LogP contribution in [0.1, 0.15) is 15.9 Å². The zero-order valence-electron chi connectivity index (χ0n) is 13.0. The second-order valence-corrected chi connectivity index (χ2v) is 7.03. The molecule has 1 aromatic heterocycles. The predicted octanol–water partition coefficient (Wildman–Crippen LogP) is 5.04. The predicted molar refractivity (Wildman–Crippen MR) is 101 cm³/mol. The van der Waals surface area contributed by atoms with Crippen LogP contribution in [-0.2, 0) is 0 Å². The molecule has 8 heteroatoms. The number of nitrogens with one attached hydrogen (secondary N) is 1. The van der Waals surface area contributed by atoms with Crippen LogP contribution in [0.4, 0.5) is 10.8 Å². The van der Waals surface area contributed by atoms with Gasteiger partial charge in [-0.1, -0.05) is 28.1 Å². The van der Waals surface area contributed by atoms with Crippen LogP contribution in [0.2, 0.25) is 0 Å². The number of aryl methyl sites for hydroxylation is 1. The maximum Gasteiger partial charge on any atom is 0.272 e. The molecule has 25 heavy (non-hydrogen) atoms. The lowest BCUT2D eigenvalue weighted by atomic mass is 10.1. The van der Waals surface area contributed by atoms with Crippen LogP contribution in [0.3, 0.4) is 0 Å². The molecule has 2 aromatic carbocycles. The standard InChI is InChI=1S/C17H12BrN3O3S/c1-10-7-12(5-6-15(10)21(23)24)16(22)20-17-19-14(9-25-17)11-3-2-4-13(18)8-11/h2-9H,1H3,(H,19,20,22). The minimum Gasteiger partial charge on any atom is -0.298 e. The van der Waals surface area contributed by atoms with Gasteiger partial charge in [-0.25, -0.2) is 4.98 Å². The number of aromatic nitrogens is 1. The van der Waals surface area contributed by atoms with Crippen molar-refractivity contribution in [1.82, 2.24) is 4.98 Å². The molecule has 0 atom stereocenters. The number of nitro benzene ring substituents is 1. The van der Waals surface area contributed by atoms with Gasteiger partial charge in [0.2, 0.25) is 0 Å². The molecule has 0 bridgehead atoms. The van der Waals surface area contributed by atoms with Gasteiger partial charge in [-0.15, -0.1) is 11.3 Å². The lowest BCUT2D eigenvalue weighted by Gasteiger charge is -2.03. The molecular weight excluding hydrogens is 406 g/mol. The Morgan fingerprint density at radius 2 is 2.08 bits per heavy atom. The summed E-state index contributed by atoms with van der Waals surface area (Å²) in [7, 11) is 0. The summed E-state index contributed by atoms with van der Waals surface area (Å²) in [4.78, 5) is 27.1. The fraction of sp³-hybridized carbons (Fsp3) is 0.0588. The third kappa shape index (κ3) is 3.92. The molecular formula is C17H12BrN3O3S. The van der Waals surface area contributed by atoms with Crippen LogP contribution in [0.15, 0.2) is 52.3 Å². The van der Waals surface area contributed by atoms with Gasteiger partial charge in [0.05, 0.1) is 10.6 Å². The quantitative estimate of drug-likeness (QED) is 0.475. The third-order valence-electron chi connectivity index (χ3n) is 3.50. The maximum atomic E-state index is 12.3. The molecule has 0 aliphatic heterocycles. The van der Waals surface area contributed by atoms with Crippen molar-refractivity contribution in [3.63, 3.8) is 0 Å². The Hall–Kier alpha value is -2.58. The number of benzene rings is 2. The second-order valence-electron chi connectivity index (χ2n) is 5.26. The zero-order chi connectivity index (χ0) is 18.0. The van der Waals surface area contributed by atoms with E-state index >= 15 is 0 Å². The van der Waals surface area contributed by atoms with E-state index in [1.54, 1.807) is 6.92 Å². The van der Waals surface area contributed by atoms with Gasteiger partial charge in [0.25, 0.3) is 11.6 Å². The number of halogens is 1. The Kier molecular flexibility index (Phi) is 4.91. The molecule has 1 N–H and O–H groups in total. The van der Waals surface area contributed by atoms with Gasteiger partial charge in [0.1, 0.15) is 0 Å². The highest BCUT2D eigenvalue weighted by Crippen LogP contribution is 2.27. The molecule has 0 unspecified atom stereocenters. The number of amides is 1. The van der Waals surface area contributed by atoms with Crippen molar-refractivity contribution >= 4 is 44.0 Å². The first kappa shape index (κ1) is 17.2. The first-order valence-electron chi connectivity index (χ1n) is 7.22. The Morgan fingerprint density at radius 3 is 2.76 bits per heavy atom. The molecule has 126 valence electrons. The summed E-state index contributed by atoms with van der Waals surface area (Å²) in [5, 5.41) is 15.9. The Morgan fingerprint density at radius 1 is 1.28 bits per heavy atom. The first-order valence-corrected chi connectivity index (χ1v) is 8.89. The minimum atomic E-state index is -0.470. The summed E-state index contributed by atoms with van der Waals surface area (Å²) in [5.41, 5.74) is 2.48. The number of hydrogen-bond donors (Lipinski definition) is 1. The summed E-state index contributed by atoms with van der Waals surface area (Å²) in [6.45, 7) is 1.60. The fourth-order valence-corrected chi connectivity index (χ4v) is 3.40. The fourth-order valence-electron chi connectivity index (χ4n) is 2.28.